The maximum Gasteiger partial charge on any atom is 0.262 e. The molecular formula is C29H30N4O4S. The van der Waals surface area contributed by atoms with Crippen LogP contribution in [-0.4, -0.2) is 54.6 Å². The highest BCUT2D eigenvalue weighted by Crippen LogP contribution is 2.24. The van der Waals surface area contributed by atoms with E-state index < -0.39 is 0 Å². The molecule has 2 heterocycles. The zero-order valence-electron chi connectivity index (χ0n) is 21.3. The van der Waals surface area contributed by atoms with Crippen molar-refractivity contribution in [3.63, 3.8) is 0 Å². The molecule has 0 bridgehead atoms. The van der Waals surface area contributed by atoms with Crippen molar-refractivity contribution in [1.29, 1.82) is 0 Å². The number of amides is 1. The number of carbonyl (C=O) groups excluding carboxylic acids is 1. The maximum absolute atomic E-state index is 13.8. The third-order valence-corrected chi connectivity index (χ3v) is 7.42. The molecule has 1 aliphatic rings. The summed E-state index contributed by atoms with van der Waals surface area (Å²) in [6.07, 6.45) is 0. The molecule has 38 heavy (non-hydrogen) atoms. The van der Waals surface area contributed by atoms with Gasteiger partial charge in [-0.15, -0.1) is 0 Å². The summed E-state index contributed by atoms with van der Waals surface area (Å²) < 4.78 is 12.4. The second kappa shape index (κ2) is 12.1. The lowest BCUT2D eigenvalue weighted by Crippen LogP contribution is -2.36. The van der Waals surface area contributed by atoms with E-state index in [1.807, 2.05) is 72.8 Å². The molecule has 0 atom stereocenters. The molecule has 1 saturated heterocycles. The van der Waals surface area contributed by atoms with Gasteiger partial charge in [-0.05, 0) is 41.5 Å². The van der Waals surface area contributed by atoms with E-state index in [0.29, 0.717) is 42.4 Å². The zero-order chi connectivity index (χ0) is 26.3. The van der Waals surface area contributed by atoms with Crippen LogP contribution in [0.3, 0.4) is 0 Å². The highest BCUT2D eigenvalue weighted by atomic mass is 32.2. The standard InChI is InChI=1S/C29H30N4O4S/c1-36-24-10-7-22(8-11-24)19-33-28(35)25-17-23(32-13-15-37-16-14-32)9-12-26(25)31-29(33)38-20-27(34)30-18-21-5-3-2-4-6-21/h2-12,17H,13-16,18-20H2,1H3,(H,30,34). The number of methoxy groups -OCH3 is 1. The Labute approximate surface area is 225 Å². The second-order valence-electron chi connectivity index (χ2n) is 8.99. The van der Waals surface area contributed by atoms with Crippen LogP contribution in [0, 0.1) is 0 Å². The average molecular weight is 531 g/mol. The fourth-order valence-corrected chi connectivity index (χ4v) is 5.18. The van der Waals surface area contributed by atoms with Crippen LogP contribution in [0.1, 0.15) is 11.1 Å². The quantitative estimate of drug-likeness (QED) is 0.261. The Hall–Kier alpha value is -3.82. The molecule has 0 saturated carbocycles. The van der Waals surface area contributed by atoms with Crippen LogP contribution >= 0.6 is 11.8 Å². The van der Waals surface area contributed by atoms with Gasteiger partial charge < -0.3 is 19.7 Å². The van der Waals surface area contributed by atoms with Crippen molar-refractivity contribution in [2.75, 3.05) is 44.1 Å². The van der Waals surface area contributed by atoms with Gasteiger partial charge in [-0.2, -0.15) is 0 Å². The molecule has 3 aromatic carbocycles. The maximum atomic E-state index is 13.8. The van der Waals surface area contributed by atoms with Crippen molar-refractivity contribution in [2.24, 2.45) is 0 Å². The Kier molecular flexibility index (Phi) is 8.25. The van der Waals surface area contributed by atoms with Gasteiger partial charge in [0, 0.05) is 25.3 Å². The first kappa shape index (κ1) is 25.8. The summed E-state index contributed by atoms with van der Waals surface area (Å²) in [6.45, 7) is 3.69. The van der Waals surface area contributed by atoms with E-state index in [1.165, 1.54) is 11.8 Å². The largest absolute Gasteiger partial charge is 0.497 e. The molecule has 0 aliphatic carbocycles. The molecule has 1 N–H and O–H groups in total. The first-order valence-electron chi connectivity index (χ1n) is 12.5. The SMILES string of the molecule is COc1ccc(Cn2c(SCC(=O)NCc3ccccc3)nc3ccc(N4CCOCC4)cc3c2=O)cc1. The molecule has 0 spiro atoms. The molecule has 1 fully saturated rings. The Morgan fingerprint density at radius 3 is 2.53 bits per heavy atom. The number of hydrogen-bond donors (Lipinski definition) is 1. The third kappa shape index (κ3) is 6.17. The number of carbonyl (C=O) groups is 1. The minimum absolute atomic E-state index is 0.119. The molecule has 9 heteroatoms. The van der Waals surface area contributed by atoms with E-state index in [2.05, 4.69) is 10.2 Å². The first-order valence-corrected chi connectivity index (χ1v) is 13.5. The van der Waals surface area contributed by atoms with Crippen LogP contribution in [0.25, 0.3) is 10.9 Å². The van der Waals surface area contributed by atoms with Crippen LogP contribution in [-0.2, 0) is 22.6 Å². The van der Waals surface area contributed by atoms with E-state index in [-0.39, 0.29) is 17.2 Å². The molecule has 1 aromatic heterocycles. The summed E-state index contributed by atoms with van der Waals surface area (Å²) in [4.78, 5) is 33.5. The summed E-state index contributed by atoms with van der Waals surface area (Å²) in [5, 5.41) is 4.00. The summed E-state index contributed by atoms with van der Waals surface area (Å²) >= 11 is 1.27. The Bertz CT molecular complexity index is 1450. The van der Waals surface area contributed by atoms with Crippen LogP contribution < -0.4 is 20.5 Å². The molecule has 1 amide bonds. The first-order chi connectivity index (χ1) is 18.6. The van der Waals surface area contributed by atoms with Crippen LogP contribution in [0.2, 0.25) is 0 Å². The monoisotopic (exact) mass is 530 g/mol. The summed E-state index contributed by atoms with van der Waals surface area (Å²) in [7, 11) is 1.62. The van der Waals surface area contributed by atoms with Gasteiger partial charge in [0.1, 0.15) is 5.75 Å². The van der Waals surface area contributed by atoms with Gasteiger partial charge in [-0.3, -0.25) is 14.2 Å². The highest BCUT2D eigenvalue weighted by Gasteiger charge is 2.17. The van der Waals surface area contributed by atoms with Crippen LogP contribution in [0.15, 0.2) is 82.7 Å². The van der Waals surface area contributed by atoms with Gasteiger partial charge in [0.15, 0.2) is 5.16 Å². The number of ether oxygens (including phenoxy) is 2. The number of rotatable bonds is 9. The van der Waals surface area contributed by atoms with Gasteiger partial charge in [0.2, 0.25) is 5.91 Å². The van der Waals surface area contributed by atoms with Crippen molar-refractivity contribution in [1.82, 2.24) is 14.9 Å². The predicted molar refractivity (Wildman–Crippen MR) is 150 cm³/mol. The van der Waals surface area contributed by atoms with Gasteiger partial charge in [0.25, 0.3) is 5.56 Å². The fraction of sp³-hybridized carbons (Fsp3) is 0.276. The summed E-state index contributed by atoms with van der Waals surface area (Å²) in [5.41, 5.74) is 3.44. The molecular weight excluding hydrogens is 500 g/mol. The number of anilines is 1. The lowest BCUT2D eigenvalue weighted by atomic mass is 10.2. The predicted octanol–water partition coefficient (Wildman–Crippen LogP) is 3.70. The third-order valence-electron chi connectivity index (χ3n) is 6.44. The van der Waals surface area contributed by atoms with E-state index in [1.54, 1.807) is 11.7 Å². The number of thioether (sulfide) groups is 1. The summed E-state index contributed by atoms with van der Waals surface area (Å²) in [5.74, 6) is 0.781. The molecule has 196 valence electrons. The van der Waals surface area contributed by atoms with Crippen LogP contribution in [0.4, 0.5) is 5.69 Å². The number of nitrogens with one attached hydrogen (secondary N) is 1. The fourth-order valence-electron chi connectivity index (χ4n) is 4.35. The van der Waals surface area contributed by atoms with E-state index in [4.69, 9.17) is 14.5 Å². The Morgan fingerprint density at radius 1 is 1.03 bits per heavy atom. The number of nitrogens with zero attached hydrogens (tertiary/aromatic N) is 3. The highest BCUT2D eigenvalue weighted by molar-refractivity contribution is 7.99. The number of aromatic nitrogens is 2. The Morgan fingerprint density at radius 2 is 1.79 bits per heavy atom. The number of morpholine rings is 1. The minimum Gasteiger partial charge on any atom is -0.497 e. The number of fused-ring (bicyclic) bond motifs is 1. The van der Waals surface area contributed by atoms with Crippen LogP contribution in [0.5, 0.6) is 5.75 Å². The van der Waals surface area contributed by atoms with Gasteiger partial charge >= 0.3 is 0 Å². The van der Waals surface area contributed by atoms with Crippen molar-refractivity contribution >= 4 is 34.3 Å². The minimum atomic E-state index is -0.131. The number of hydrogen-bond acceptors (Lipinski definition) is 7. The average Bonchev–Trinajstić information content (AvgIpc) is 2.98. The number of benzene rings is 3. The molecule has 5 rings (SSSR count). The van der Waals surface area contributed by atoms with Crippen molar-refractivity contribution < 1.29 is 14.3 Å². The molecule has 0 unspecified atom stereocenters. The van der Waals surface area contributed by atoms with Crippen molar-refractivity contribution in [3.05, 3.63) is 94.3 Å². The summed E-state index contributed by atoms with van der Waals surface area (Å²) in [6, 6.07) is 23.2. The second-order valence-corrected chi connectivity index (χ2v) is 9.93. The lowest BCUT2D eigenvalue weighted by Gasteiger charge is -2.29. The van der Waals surface area contributed by atoms with Gasteiger partial charge in [-0.1, -0.05) is 54.2 Å². The van der Waals surface area contributed by atoms with Crippen molar-refractivity contribution in [3.8, 4) is 5.75 Å². The van der Waals surface area contributed by atoms with E-state index in [0.717, 1.165) is 35.7 Å². The normalized spacial score (nSPS) is 13.4. The van der Waals surface area contributed by atoms with Gasteiger partial charge in [0.05, 0.1) is 43.5 Å². The molecule has 4 aromatic rings. The lowest BCUT2D eigenvalue weighted by molar-refractivity contribution is -0.118. The Balaban J connectivity index is 1.42. The molecule has 1 aliphatic heterocycles. The van der Waals surface area contributed by atoms with Gasteiger partial charge in [-0.25, -0.2) is 4.98 Å². The zero-order valence-corrected chi connectivity index (χ0v) is 22.1. The molecule has 8 nitrogen and oxygen atoms in total. The van der Waals surface area contributed by atoms with E-state index >= 15 is 0 Å². The van der Waals surface area contributed by atoms with E-state index in [9.17, 15) is 9.59 Å². The topological polar surface area (TPSA) is 85.7 Å². The smallest absolute Gasteiger partial charge is 0.262 e. The molecule has 0 radical (unpaired) electrons. The van der Waals surface area contributed by atoms with Crippen molar-refractivity contribution in [2.45, 2.75) is 18.2 Å².